The molecule has 1 atom stereocenters. The third kappa shape index (κ3) is 5.89. The maximum Gasteiger partial charge on any atom is 0.250 e. The predicted octanol–water partition coefficient (Wildman–Crippen LogP) is 12.3. The van der Waals surface area contributed by atoms with Gasteiger partial charge in [0.1, 0.15) is 0 Å². The van der Waals surface area contributed by atoms with E-state index in [4.69, 9.17) is 10.1 Å². The molecule has 4 aromatic heterocycles. The molecule has 2 aliphatic rings. The lowest BCUT2D eigenvalue weighted by Gasteiger charge is -2.43. The van der Waals surface area contributed by atoms with Crippen molar-refractivity contribution in [1.29, 1.82) is 0 Å². The Morgan fingerprint density at radius 1 is 0.721 bits per heavy atom. The molecule has 5 heterocycles. The molecule has 0 radical (unpaired) electrons. The summed E-state index contributed by atoms with van der Waals surface area (Å²) in [6.07, 6.45) is 10.0. The molecule has 6 nitrogen and oxygen atoms in total. The van der Waals surface area contributed by atoms with Crippen LogP contribution in [0.25, 0.3) is 72.6 Å². The van der Waals surface area contributed by atoms with Crippen LogP contribution in [-0.4, -0.2) is 19.3 Å². The highest BCUT2D eigenvalue weighted by Gasteiger charge is 2.59. The summed E-state index contributed by atoms with van der Waals surface area (Å²) in [5.74, 6) is 2.16. The van der Waals surface area contributed by atoms with E-state index in [9.17, 15) is 0 Å². The molecule has 5 aromatic carbocycles. The molecular formula is C55H54N6+2. The molecule has 0 N–H and O–H groups in total. The highest BCUT2D eigenvalue weighted by molar-refractivity contribution is 6.16. The number of aromatic nitrogens is 6. The fourth-order valence-corrected chi connectivity index (χ4v) is 11.1. The number of hydrogen-bond acceptors (Lipinski definition) is 2. The van der Waals surface area contributed by atoms with E-state index in [-0.39, 0.29) is 11.6 Å². The van der Waals surface area contributed by atoms with Crippen molar-refractivity contribution in [2.45, 2.75) is 90.8 Å². The van der Waals surface area contributed by atoms with E-state index in [1.54, 1.807) is 0 Å². The minimum atomic E-state index is -0.0510. The first-order valence-electron chi connectivity index (χ1n) is 22.6. The number of fused-ring (bicyclic) bond motifs is 9. The summed E-state index contributed by atoms with van der Waals surface area (Å²) in [5, 5.41) is 9.08. The molecule has 6 heteroatoms. The van der Waals surface area contributed by atoms with Crippen molar-refractivity contribution < 1.29 is 9.13 Å². The van der Waals surface area contributed by atoms with Crippen molar-refractivity contribution in [1.82, 2.24) is 19.3 Å². The molecule has 1 unspecified atom stereocenters. The molecule has 1 aliphatic carbocycles. The minimum absolute atomic E-state index is 0.0510. The van der Waals surface area contributed by atoms with Gasteiger partial charge in [0.05, 0.1) is 16.6 Å². The maximum atomic E-state index is 5.25. The Labute approximate surface area is 358 Å². The fraction of sp³-hybridized carbons (Fsp3) is 0.273. The van der Waals surface area contributed by atoms with Crippen LogP contribution in [0.15, 0.2) is 146 Å². The number of pyridine rings is 2. The highest BCUT2D eigenvalue weighted by atomic mass is 15.4. The van der Waals surface area contributed by atoms with Crippen LogP contribution in [-0.2, 0) is 18.5 Å². The molecule has 11 rings (SSSR count). The summed E-state index contributed by atoms with van der Waals surface area (Å²) in [6, 6.07) is 52.1. The van der Waals surface area contributed by atoms with Crippen molar-refractivity contribution in [3.63, 3.8) is 0 Å². The van der Waals surface area contributed by atoms with E-state index >= 15 is 0 Å². The van der Waals surface area contributed by atoms with E-state index in [2.05, 4.69) is 192 Å². The summed E-state index contributed by atoms with van der Waals surface area (Å²) in [5.41, 5.74) is 14.1. The van der Waals surface area contributed by atoms with Crippen molar-refractivity contribution in [3.8, 4) is 39.9 Å². The second-order valence-corrected chi connectivity index (χ2v) is 17.6. The SMILES string of the molecule is CCCCc1ccc(-n2c3ccccc3c3c4c(ccc32)C(C2CC(CC)([n+]3ccccc3-c3nc(-c5ccccc5)nn3CCC)C2)[n+]2c-4cc(C)c3ccccc32)cc1. The molecule has 0 amide bonds. The van der Waals surface area contributed by atoms with Gasteiger partial charge in [-0.3, -0.25) is 0 Å². The van der Waals surface area contributed by atoms with Crippen molar-refractivity contribution in [2.75, 3.05) is 0 Å². The zero-order chi connectivity index (χ0) is 41.2. The van der Waals surface area contributed by atoms with Gasteiger partial charge >= 0.3 is 0 Å². The van der Waals surface area contributed by atoms with Crippen LogP contribution in [0.4, 0.5) is 0 Å². The third-order valence-corrected chi connectivity index (χ3v) is 14.1. The second kappa shape index (κ2) is 14.9. The number of para-hydroxylation sites is 2. The average Bonchev–Trinajstić information content (AvgIpc) is 3.97. The Hall–Kier alpha value is -6.40. The summed E-state index contributed by atoms with van der Waals surface area (Å²) < 4.78 is 9.92. The molecule has 9 aromatic rings. The molecule has 0 bridgehead atoms. The first-order chi connectivity index (χ1) is 30.0. The van der Waals surface area contributed by atoms with E-state index in [0.717, 1.165) is 61.6 Å². The summed E-state index contributed by atoms with van der Waals surface area (Å²) in [7, 11) is 0. The first kappa shape index (κ1) is 37.6. The average molecular weight is 799 g/mol. The number of aryl methyl sites for hydroxylation is 3. The summed E-state index contributed by atoms with van der Waals surface area (Å²) >= 11 is 0. The van der Waals surface area contributed by atoms with Gasteiger partial charge in [-0.05, 0) is 79.8 Å². The number of rotatable bonds is 11. The largest absolute Gasteiger partial charge is 0.309 e. The Kier molecular flexibility index (Phi) is 9.21. The van der Waals surface area contributed by atoms with E-state index in [0.29, 0.717) is 5.92 Å². The first-order valence-corrected chi connectivity index (χ1v) is 22.6. The summed E-state index contributed by atoms with van der Waals surface area (Å²) in [6.45, 7) is 9.97. The lowest BCUT2D eigenvalue weighted by molar-refractivity contribution is -0.780. The third-order valence-electron chi connectivity index (χ3n) is 14.1. The summed E-state index contributed by atoms with van der Waals surface area (Å²) in [4.78, 5) is 5.25. The number of unbranched alkanes of at least 4 members (excludes halogenated alkanes) is 1. The van der Waals surface area contributed by atoms with E-state index in [1.165, 1.54) is 79.2 Å². The van der Waals surface area contributed by atoms with Crippen molar-refractivity contribution >= 4 is 32.7 Å². The number of nitrogens with zero attached hydrogens (tertiary/aromatic N) is 6. The van der Waals surface area contributed by atoms with Crippen LogP contribution < -0.4 is 9.13 Å². The van der Waals surface area contributed by atoms with Gasteiger partial charge in [-0.2, -0.15) is 14.2 Å². The standard InChI is InChI=1S/C55H54N6/c1-5-8-18-38-26-28-41(29-27-38)60-46-24-15-13-22-43(46)50-47(60)31-30-44-51(50)49-34-37(4)42-21-12-14-23-45(42)61(49)52(44)40-35-55(7-3,36-40)58-33-17-16-25-48(58)54-56-53(57-59(54)32-6-2)39-19-10-9-11-20-39/h9-17,19-31,33-34,40,52H,5-8,18,32,35-36H2,1-4H3/q+2. The Bertz CT molecular complexity index is 3090. The number of hydrogen-bond donors (Lipinski definition) is 0. The number of benzene rings is 5. The molecule has 1 saturated carbocycles. The zero-order valence-electron chi connectivity index (χ0n) is 35.9. The van der Waals surface area contributed by atoms with Crippen molar-refractivity contribution in [2.24, 2.45) is 5.92 Å². The van der Waals surface area contributed by atoms with Crippen LogP contribution in [0.5, 0.6) is 0 Å². The van der Waals surface area contributed by atoms with E-state index < -0.39 is 0 Å². The Morgan fingerprint density at radius 3 is 2.26 bits per heavy atom. The Morgan fingerprint density at radius 2 is 1.48 bits per heavy atom. The quantitative estimate of drug-likeness (QED) is 0.122. The topological polar surface area (TPSA) is 43.4 Å². The highest BCUT2D eigenvalue weighted by Crippen LogP contribution is 2.54. The molecule has 0 spiro atoms. The van der Waals surface area contributed by atoms with Gasteiger partial charge in [-0.25, -0.2) is 9.67 Å². The maximum absolute atomic E-state index is 5.25. The van der Waals surface area contributed by atoms with Gasteiger partial charge in [-0.15, -0.1) is 0 Å². The molecular weight excluding hydrogens is 745 g/mol. The van der Waals surface area contributed by atoms with Gasteiger partial charge in [0, 0.05) is 89.0 Å². The Balaban J connectivity index is 1.06. The van der Waals surface area contributed by atoms with E-state index in [1.807, 2.05) is 0 Å². The predicted molar refractivity (Wildman–Crippen MR) is 248 cm³/mol. The van der Waals surface area contributed by atoms with Gasteiger partial charge in [0.2, 0.25) is 17.0 Å². The molecule has 302 valence electrons. The van der Waals surface area contributed by atoms with Crippen LogP contribution in [0.3, 0.4) is 0 Å². The van der Waals surface area contributed by atoms with Crippen LogP contribution in [0.2, 0.25) is 0 Å². The molecule has 1 fully saturated rings. The van der Waals surface area contributed by atoms with Crippen LogP contribution in [0.1, 0.15) is 82.0 Å². The van der Waals surface area contributed by atoms with Crippen LogP contribution in [0, 0.1) is 12.8 Å². The minimum Gasteiger partial charge on any atom is -0.309 e. The lowest BCUT2D eigenvalue weighted by atomic mass is 9.62. The fourth-order valence-electron chi connectivity index (χ4n) is 11.1. The molecule has 61 heavy (non-hydrogen) atoms. The molecule has 1 aliphatic heterocycles. The van der Waals surface area contributed by atoms with Gasteiger partial charge in [0.15, 0.2) is 23.6 Å². The van der Waals surface area contributed by atoms with Crippen molar-refractivity contribution in [3.05, 3.63) is 162 Å². The lowest BCUT2D eigenvalue weighted by Crippen LogP contribution is -2.66. The van der Waals surface area contributed by atoms with Gasteiger partial charge in [0.25, 0.3) is 5.69 Å². The monoisotopic (exact) mass is 798 g/mol. The second-order valence-electron chi connectivity index (χ2n) is 17.6. The smallest absolute Gasteiger partial charge is 0.250 e. The van der Waals surface area contributed by atoms with Gasteiger partial charge < -0.3 is 4.57 Å². The van der Waals surface area contributed by atoms with Gasteiger partial charge in [-0.1, -0.05) is 100.0 Å². The zero-order valence-corrected chi connectivity index (χ0v) is 35.9. The van der Waals surface area contributed by atoms with Crippen LogP contribution >= 0.6 is 0 Å². The normalized spacial score (nSPS) is 18.2. The molecule has 0 saturated heterocycles.